The molecule has 0 spiro atoms. The fraction of sp³-hybridized carbons (Fsp3) is 0.211. The lowest BCUT2D eigenvalue weighted by Gasteiger charge is -2.25. The Hall–Kier alpha value is -2.21. The lowest BCUT2D eigenvalue weighted by Crippen LogP contribution is -2.13. The molecule has 0 fully saturated rings. The van der Waals surface area contributed by atoms with Crippen molar-refractivity contribution >= 4 is 17.8 Å². The molecule has 0 bridgehead atoms. The van der Waals surface area contributed by atoms with Gasteiger partial charge < -0.3 is 14.0 Å². The molecule has 2 aromatic rings. The van der Waals surface area contributed by atoms with Crippen LogP contribution in [0.3, 0.4) is 0 Å². The van der Waals surface area contributed by atoms with Gasteiger partial charge in [-0.1, -0.05) is 50.8 Å². The zero-order chi connectivity index (χ0) is 16.4. The first-order chi connectivity index (χ1) is 11.1. The standard InChI is InChI=1S/C19H19O3P/c1-4-19(15-8-6-5-7-9-15)23(20,14(2)3)16-10-11-17-18(12-16)22-13-21-17/h5-12,14H,1,13H2,2-3H3/t23-/m0/s1. The smallest absolute Gasteiger partial charge is 0.231 e. The molecule has 23 heavy (non-hydrogen) atoms. The van der Waals surface area contributed by atoms with E-state index in [1.54, 1.807) is 0 Å². The molecule has 2 aromatic carbocycles. The number of ether oxygens (including phenoxy) is 2. The van der Waals surface area contributed by atoms with Gasteiger partial charge in [-0.25, -0.2) is 0 Å². The Balaban J connectivity index is 2.17. The van der Waals surface area contributed by atoms with Gasteiger partial charge in [0.25, 0.3) is 0 Å². The fourth-order valence-corrected chi connectivity index (χ4v) is 5.53. The average Bonchev–Trinajstić information content (AvgIpc) is 3.03. The van der Waals surface area contributed by atoms with E-state index in [9.17, 15) is 4.57 Å². The first-order valence-electron chi connectivity index (χ1n) is 7.53. The van der Waals surface area contributed by atoms with Gasteiger partial charge in [0.2, 0.25) is 6.79 Å². The molecular formula is C19H19O3P. The average molecular weight is 326 g/mol. The minimum atomic E-state index is -2.90. The number of rotatable bonds is 4. The molecule has 0 N–H and O–H groups in total. The van der Waals surface area contributed by atoms with Crippen molar-refractivity contribution < 1.29 is 14.0 Å². The molecular weight excluding hydrogens is 307 g/mol. The second-order valence-electron chi connectivity index (χ2n) is 5.68. The van der Waals surface area contributed by atoms with Crippen LogP contribution in [0.4, 0.5) is 0 Å². The molecule has 0 aromatic heterocycles. The summed E-state index contributed by atoms with van der Waals surface area (Å²) >= 11 is 0. The molecule has 4 heteroatoms. The molecule has 0 radical (unpaired) electrons. The van der Waals surface area contributed by atoms with Gasteiger partial charge in [0.15, 0.2) is 18.6 Å². The summed E-state index contributed by atoms with van der Waals surface area (Å²) in [6, 6.07) is 15.2. The van der Waals surface area contributed by atoms with Crippen molar-refractivity contribution in [2.75, 3.05) is 6.79 Å². The predicted molar refractivity (Wildman–Crippen MR) is 93.9 cm³/mol. The second-order valence-corrected chi connectivity index (χ2v) is 8.99. The molecule has 1 heterocycles. The van der Waals surface area contributed by atoms with Crippen LogP contribution in [-0.2, 0) is 4.57 Å². The van der Waals surface area contributed by atoms with Crippen molar-refractivity contribution in [1.82, 2.24) is 0 Å². The maximum absolute atomic E-state index is 14.0. The minimum absolute atomic E-state index is 0.0765. The molecule has 0 saturated heterocycles. The lowest BCUT2D eigenvalue weighted by atomic mass is 10.2. The number of fused-ring (bicyclic) bond motifs is 1. The van der Waals surface area contributed by atoms with Gasteiger partial charge in [-0.2, -0.15) is 0 Å². The molecule has 1 aliphatic rings. The second kappa shape index (κ2) is 6.12. The Morgan fingerprint density at radius 3 is 2.48 bits per heavy atom. The third-order valence-corrected chi connectivity index (χ3v) is 7.59. The first kappa shape index (κ1) is 15.7. The van der Waals surface area contributed by atoms with Gasteiger partial charge in [-0.15, -0.1) is 5.73 Å². The van der Waals surface area contributed by atoms with Crippen molar-refractivity contribution in [2.45, 2.75) is 19.5 Å². The summed E-state index contributed by atoms with van der Waals surface area (Å²) in [6.07, 6.45) is 0. The van der Waals surface area contributed by atoms with Crippen LogP contribution in [-0.4, -0.2) is 12.5 Å². The van der Waals surface area contributed by atoms with Gasteiger partial charge in [-0.3, -0.25) is 0 Å². The highest BCUT2D eigenvalue weighted by molar-refractivity contribution is 7.81. The van der Waals surface area contributed by atoms with E-state index in [0.717, 1.165) is 10.9 Å². The molecule has 0 saturated carbocycles. The largest absolute Gasteiger partial charge is 0.454 e. The van der Waals surface area contributed by atoms with E-state index >= 15 is 0 Å². The lowest BCUT2D eigenvalue weighted by molar-refractivity contribution is 0.174. The van der Waals surface area contributed by atoms with Crippen LogP contribution < -0.4 is 14.8 Å². The van der Waals surface area contributed by atoms with E-state index in [1.165, 1.54) is 0 Å². The van der Waals surface area contributed by atoms with Crippen molar-refractivity contribution in [3.8, 4) is 11.5 Å². The Bertz CT molecular complexity index is 818. The van der Waals surface area contributed by atoms with Crippen LogP contribution in [0, 0.1) is 0 Å². The molecule has 0 aliphatic carbocycles. The minimum Gasteiger partial charge on any atom is -0.454 e. The van der Waals surface area contributed by atoms with Crippen molar-refractivity contribution in [2.24, 2.45) is 0 Å². The van der Waals surface area contributed by atoms with E-state index in [0.29, 0.717) is 16.8 Å². The summed E-state index contributed by atoms with van der Waals surface area (Å²) in [4.78, 5) is 0. The summed E-state index contributed by atoms with van der Waals surface area (Å²) in [5, 5.41) is 1.40. The van der Waals surface area contributed by atoms with E-state index in [2.05, 4.69) is 12.3 Å². The van der Waals surface area contributed by atoms with Crippen molar-refractivity contribution in [3.63, 3.8) is 0 Å². The van der Waals surface area contributed by atoms with Crippen molar-refractivity contribution in [3.05, 3.63) is 66.4 Å². The Labute approximate surface area is 136 Å². The SMILES string of the molecule is C=C=C(c1ccccc1)[P@@](=O)(c1ccc2c(c1)OCO2)C(C)C. The van der Waals surface area contributed by atoms with E-state index in [4.69, 9.17) is 9.47 Å². The fourth-order valence-electron chi connectivity index (χ4n) is 2.78. The maximum Gasteiger partial charge on any atom is 0.231 e. The highest BCUT2D eigenvalue weighted by Crippen LogP contribution is 2.61. The van der Waals surface area contributed by atoms with Gasteiger partial charge in [0, 0.05) is 11.0 Å². The molecule has 0 amide bonds. The summed E-state index contributed by atoms with van der Waals surface area (Å²) in [6.45, 7) is 7.92. The highest BCUT2D eigenvalue weighted by atomic mass is 31.2. The van der Waals surface area contributed by atoms with Gasteiger partial charge in [0.05, 0.1) is 5.31 Å². The van der Waals surface area contributed by atoms with E-state index in [-0.39, 0.29) is 12.5 Å². The Kier molecular flexibility index (Phi) is 4.17. The predicted octanol–water partition coefficient (Wildman–Crippen LogP) is 4.64. The Morgan fingerprint density at radius 2 is 1.83 bits per heavy atom. The van der Waals surface area contributed by atoms with E-state index in [1.807, 2.05) is 62.4 Å². The van der Waals surface area contributed by atoms with Gasteiger partial charge in [0.1, 0.15) is 0 Å². The molecule has 1 aliphatic heterocycles. The van der Waals surface area contributed by atoms with Crippen molar-refractivity contribution in [1.29, 1.82) is 0 Å². The monoisotopic (exact) mass is 326 g/mol. The number of hydrogen-bond acceptors (Lipinski definition) is 3. The quantitative estimate of drug-likeness (QED) is 0.606. The topological polar surface area (TPSA) is 35.5 Å². The molecule has 3 nitrogen and oxygen atoms in total. The van der Waals surface area contributed by atoms with Gasteiger partial charge >= 0.3 is 0 Å². The van der Waals surface area contributed by atoms with E-state index < -0.39 is 7.14 Å². The third-order valence-electron chi connectivity index (χ3n) is 4.01. The Morgan fingerprint density at radius 1 is 1.13 bits per heavy atom. The van der Waals surface area contributed by atoms with Crippen LogP contribution in [0.5, 0.6) is 11.5 Å². The summed E-state index contributed by atoms with van der Waals surface area (Å²) in [5.74, 6) is 1.33. The van der Waals surface area contributed by atoms with Crippen LogP contribution in [0.2, 0.25) is 0 Å². The normalized spacial score (nSPS) is 15.1. The summed E-state index contributed by atoms with van der Waals surface area (Å²) < 4.78 is 24.8. The third kappa shape index (κ3) is 2.63. The zero-order valence-electron chi connectivity index (χ0n) is 13.3. The van der Waals surface area contributed by atoms with Crippen LogP contribution in [0.25, 0.3) is 5.31 Å². The zero-order valence-corrected chi connectivity index (χ0v) is 14.2. The summed E-state index contributed by atoms with van der Waals surface area (Å²) in [7, 11) is -2.90. The highest BCUT2D eigenvalue weighted by Gasteiger charge is 2.35. The molecule has 3 rings (SSSR count). The van der Waals surface area contributed by atoms with Crippen LogP contribution in [0.15, 0.2) is 60.8 Å². The first-order valence-corrected chi connectivity index (χ1v) is 9.31. The maximum atomic E-state index is 14.0. The van der Waals surface area contributed by atoms with Crippen LogP contribution in [0.1, 0.15) is 19.4 Å². The number of benzene rings is 2. The summed E-state index contributed by atoms with van der Waals surface area (Å²) in [5.41, 5.74) is 3.75. The molecule has 0 unspecified atom stereocenters. The van der Waals surface area contributed by atoms with Crippen LogP contribution >= 0.6 is 7.14 Å². The number of hydrogen-bond donors (Lipinski definition) is 0. The molecule has 1 atom stereocenters. The molecule has 118 valence electrons. The van der Waals surface area contributed by atoms with Gasteiger partial charge in [-0.05, 0) is 23.8 Å².